The van der Waals surface area contributed by atoms with Crippen molar-refractivity contribution < 1.29 is 19.4 Å². The van der Waals surface area contributed by atoms with Gasteiger partial charge in [-0.15, -0.1) is 0 Å². The van der Waals surface area contributed by atoms with Crippen LogP contribution in [0.5, 0.6) is 0 Å². The first-order chi connectivity index (χ1) is 8.02. The molecule has 0 aliphatic heterocycles. The summed E-state index contributed by atoms with van der Waals surface area (Å²) >= 11 is 0. The fourth-order valence-corrected chi connectivity index (χ4v) is 1.06. The Morgan fingerprint density at radius 2 is 1.88 bits per heavy atom. The summed E-state index contributed by atoms with van der Waals surface area (Å²) in [5, 5.41) is 13.6. The molecule has 0 aromatic rings. The number of carbonyl (C=O) groups is 2. The van der Waals surface area contributed by atoms with Crippen LogP contribution in [0.15, 0.2) is 0 Å². The average molecular weight is 246 g/mol. The van der Waals surface area contributed by atoms with E-state index in [2.05, 4.69) is 24.5 Å². The van der Waals surface area contributed by atoms with Crippen LogP contribution in [0, 0.1) is 5.92 Å². The zero-order valence-corrected chi connectivity index (χ0v) is 10.5. The number of amides is 2. The molecule has 0 aromatic carbocycles. The normalized spacial score (nSPS) is 10.3. The van der Waals surface area contributed by atoms with E-state index >= 15 is 0 Å². The van der Waals surface area contributed by atoms with Gasteiger partial charge in [-0.05, 0) is 12.3 Å². The van der Waals surface area contributed by atoms with Gasteiger partial charge in [0.2, 0.25) is 0 Å². The molecule has 17 heavy (non-hydrogen) atoms. The maximum absolute atomic E-state index is 11.2. The smallest absolute Gasteiger partial charge is 0.314 e. The van der Waals surface area contributed by atoms with Crippen molar-refractivity contribution in [2.24, 2.45) is 5.92 Å². The second-order valence-corrected chi connectivity index (χ2v) is 4.15. The minimum absolute atomic E-state index is 0.0672. The Hall–Kier alpha value is -1.30. The Kier molecular flexibility index (Phi) is 9.14. The second kappa shape index (κ2) is 9.89. The first kappa shape index (κ1) is 15.7. The third-order valence-electron chi connectivity index (χ3n) is 1.84. The first-order valence-electron chi connectivity index (χ1n) is 5.83. The minimum Gasteiger partial charge on any atom is -0.481 e. The van der Waals surface area contributed by atoms with Crippen LogP contribution in [0.1, 0.15) is 26.7 Å². The molecule has 0 saturated heterocycles. The summed E-state index contributed by atoms with van der Waals surface area (Å²) in [6, 6.07) is -0.288. The third-order valence-corrected chi connectivity index (χ3v) is 1.84. The molecule has 0 rings (SSSR count). The van der Waals surface area contributed by atoms with Gasteiger partial charge in [-0.2, -0.15) is 0 Å². The number of carboxylic acids is 1. The highest BCUT2D eigenvalue weighted by atomic mass is 16.5. The molecule has 0 bridgehead atoms. The summed E-state index contributed by atoms with van der Waals surface area (Å²) in [7, 11) is 0. The van der Waals surface area contributed by atoms with Crippen molar-refractivity contribution in [1.82, 2.24) is 10.6 Å². The number of aliphatic carboxylic acids is 1. The molecular formula is C11H22N2O4. The number of rotatable bonds is 9. The van der Waals surface area contributed by atoms with E-state index in [0.29, 0.717) is 38.6 Å². The molecule has 0 radical (unpaired) electrons. The van der Waals surface area contributed by atoms with Crippen molar-refractivity contribution >= 4 is 12.0 Å². The summed E-state index contributed by atoms with van der Waals surface area (Å²) in [5.41, 5.74) is 0. The van der Waals surface area contributed by atoms with Gasteiger partial charge < -0.3 is 20.5 Å². The molecule has 100 valence electrons. The number of urea groups is 1. The van der Waals surface area contributed by atoms with E-state index in [1.165, 1.54) is 0 Å². The van der Waals surface area contributed by atoms with E-state index in [4.69, 9.17) is 9.84 Å². The van der Waals surface area contributed by atoms with E-state index in [1.54, 1.807) is 0 Å². The lowest BCUT2D eigenvalue weighted by Crippen LogP contribution is -2.38. The fraction of sp³-hybridized carbons (Fsp3) is 0.818. The van der Waals surface area contributed by atoms with Gasteiger partial charge in [-0.3, -0.25) is 4.79 Å². The Morgan fingerprint density at radius 1 is 1.24 bits per heavy atom. The van der Waals surface area contributed by atoms with Crippen LogP contribution in [0.3, 0.4) is 0 Å². The van der Waals surface area contributed by atoms with E-state index in [-0.39, 0.29) is 12.5 Å². The molecule has 2 amide bonds. The molecule has 0 aliphatic rings. The maximum Gasteiger partial charge on any atom is 0.314 e. The molecule has 6 heteroatoms. The van der Waals surface area contributed by atoms with Gasteiger partial charge in [-0.1, -0.05) is 13.8 Å². The Bertz CT molecular complexity index is 232. The summed E-state index contributed by atoms with van der Waals surface area (Å²) in [6.45, 7) is 6.11. The Labute approximate surface area is 102 Å². The Balaban J connectivity index is 3.26. The van der Waals surface area contributed by atoms with Crippen molar-refractivity contribution in [3.63, 3.8) is 0 Å². The monoisotopic (exact) mass is 246 g/mol. The van der Waals surface area contributed by atoms with Crippen LogP contribution < -0.4 is 10.6 Å². The molecule has 6 nitrogen and oxygen atoms in total. The second-order valence-electron chi connectivity index (χ2n) is 4.15. The summed E-state index contributed by atoms with van der Waals surface area (Å²) < 4.78 is 5.28. The number of hydrogen-bond acceptors (Lipinski definition) is 3. The molecule has 0 fully saturated rings. The van der Waals surface area contributed by atoms with E-state index in [0.717, 1.165) is 0 Å². The SMILES string of the molecule is CC(C)COCCNC(=O)NCCCC(=O)O. The standard InChI is InChI=1S/C11H22N2O4/c1-9(2)8-17-7-6-13-11(16)12-5-3-4-10(14)15/h9H,3-8H2,1-2H3,(H,14,15)(H2,12,13,16). The topological polar surface area (TPSA) is 87.7 Å². The van der Waals surface area contributed by atoms with Crippen LogP contribution in [0.2, 0.25) is 0 Å². The van der Waals surface area contributed by atoms with Crippen LogP contribution in [-0.4, -0.2) is 43.4 Å². The largest absolute Gasteiger partial charge is 0.481 e. The number of nitrogens with one attached hydrogen (secondary N) is 2. The molecule has 0 atom stereocenters. The molecule has 0 aliphatic carbocycles. The fourth-order valence-electron chi connectivity index (χ4n) is 1.06. The van der Waals surface area contributed by atoms with E-state index in [9.17, 15) is 9.59 Å². The zero-order chi connectivity index (χ0) is 13.1. The number of hydrogen-bond donors (Lipinski definition) is 3. The van der Waals surface area contributed by atoms with Crippen molar-refractivity contribution in [2.75, 3.05) is 26.3 Å². The highest BCUT2D eigenvalue weighted by molar-refractivity contribution is 5.73. The lowest BCUT2D eigenvalue weighted by Gasteiger charge is -2.08. The molecule has 0 aromatic heterocycles. The molecule has 3 N–H and O–H groups in total. The van der Waals surface area contributed by atoms with Crippen LogP contribution in [0.25, 0.3) is 0 Å². The lowest BCUT2D eigenvalue weighted by molar-refractivity contribution is -0.137. The average Bonchev–Trinajstić information content (AvgIpc) is 2.23. The van der Waals surface area contributed by atoms with Gasteiger partial charge in [0.25, 0.3) is 0 Å². The summed E-state index contributed by atoms with van der Waals surface area (Å²) in [6.07, 6.45) is 0.504. The van der Waals surface area contributed by atoms with E-state index in [1.807, 2.05) is 0 Å². The summed E-state index contributed by atoms with van der Waals surface area (Å²) in [5.74, 6) is -0.367. The Morgan fingerprint density at radius 3 is 2.47 bits per heavy atom. The predicted octanol–water partition coefficient (Wildman–Crippen LogP) is 0.823. The maximum atomic E-state index is 11.2. The van der Waals surface area contributed by atoms with Crippen molar-refractivity contribution in [1.29, 1.82) is 0 Å². The van der Waals surface area contributed by atoms with Crippen LogP contribution in [0.4, 0.5) is 4.79 Å². The van der Waals surface area contributed by atoms with Gasteiger partial charge in [0.05, 0.1) is 6.61 Å². The number of ether oxygens (including phenoxy) is 1. The quantitative estimate of drug-likeness (QED) is 0.526. The molecule has 0 spiro atoms. The zero-order valence-electron chi connectivity index (χ0n) is 10.5. The number of carbonyl (C=O) groups excluding carboxylic acids is 1. The van der Waals surface area contributed by atoms with E-state index < -0.39 is 5.97 Å². The lowest BCUT2D eigenvalue weighted by atomic mass is 10.2. The van der Waals surface area contributed by atoms with Gasteiger partial charge in [0.15, 0.2) is 0 Å². The highest BCUT2D eigenvalue weighted by Gasteiger charge is 2.00. The van der Waals surface area contributed by atoms with Crippen LogP contribution >= 0.6 is 0 Å². The van der Waals surface area contributed by atoms with Gasteiger partial charge in [0.1, 0.15) is 0 Å². The van der Waals surface area contributed by atoms with Crippen LogP contribution in [-0.2, 0) is 9.53 Å². The van der Waals surface area contributed by atoms with Crippen molar-refractivity contribution in [3.05, 3.63) is 0 Å². The van der Waals surface area contributed by atoms with Gasteiger partial charge >= 0.3 is 12.0 Å². The van der Waals surface area contributed by atoms with Crippen molar-refractivity contribution in [2.45, 2.75) is 26.7 Å². The van der Waals surface area contributed by atoms with Gasteiger partial charge in [0, 0.05) is 26.1 Å². The highest BCUT2D eigenvalue weighted by Crippen LogP contribution is 1.91. The third kappa shape index (κ3) is 12.6. The predicted molar refractivity (Wildman–Crippen MR) is 63.9 cm³/mol. The molecule has 0 unspecified atom stereocenters. The molecule has 0 heterocycles. The molecule has 0 saturated carbocycles. The summed E-state index contributed by atoms with van der Waals surface area (Å²) in [4.78, 5) is 21.4. The molecular weight excluding hydrogens is 224 g/mol. The van der Waals surface area contributed by atoms with Gasteiger partial charge in [-0.25, -0.2) is 4.79 Å². The number of carboxylic acid groups (broad SMARTS) is 1. The van der Waals surface area contributed by atoms with Crippen molar-refractivity contribution in [3.8, 4) is 0 Å². The first-order valence-corrected chi connectivity index (χ1v) is 5.83. The minimum atomic E-state index is -0.853.